The van der Waals surface area contributed by atoms with Crippen LogP contribution in [0.4, 0.5) is 5.88 Å². The van der Waals surface area contributed by atoms with Gasteiger partial charge in [-0.05, 0) is 18.6 Å². The fourth-order valence-corrected chi connectivity index (χ4v) is 4.37. The lowest BCUT2D eigenvalue weighted by Gasteiger charge is -2.36. The summed E-state index contributed by atoms with van der Waals surface area (Å²) in [5.41, 5.74) is 0.402. The van der Waals surface area contributed by atoms with Gasteiger partial charge in [0.15, 0.2) is 5.76 Å². The quantitative estimate of drug-likeness (QED) is 0.649. The van der Waals surface area contributed by atoms with Gasteiger partial charge in [0.05, 0.1) is 20.0 Å². The summed E-state index contributed by atoms with van der Waals surface area (Å²) in [5, 5.41) is 10.6. The minimum atomic E-state index is -3.12. The highest BCUT2D eigenvalue weighted by Gasteiger charge is 2.37. The van der Waals surface area contributed by atoms with Gasteiger partial charge in [-0.1, -0.05) is 0 Å². The van der Waals surface area contributed by atoms with Crippen molar-refractivity contribution in [2.45, 2.75) is 13.3 Å². The summed E-state index contributed by atoms with van der Waals surface area (Å²) >= 11 is 0. The Kier molecular flexibility index (Phi) is 5.13. The molecule has 0 saturated carbocycles. The molecule has 27 heavy (non-hydrogen) atoms. The molecule has 0 spiro atoms. The summed E-state index contributed by atoms with van der Waals surface area (Å²) in [6, 6.07) is 4.85. The molecule has 9 nitrogen and oxygen atoms in total. The van der Waals surface area contributed by atoms with Crippen LogP contribution in [0.1, 0.15) is 13.3 Å². The van der Waals surface area contributed by atoms with Crippen LogP contribution in [0.3, 0.4) is 0 Å². The molecule has 0 radical (unpaired) electrons. The van der Waals surface area contributed by atoms with Crippen molar-refractivity contribution >= 4 is 22.6 Å². The van der Waals surface area contributed by atoms with E-state index in [0.29, 0.717) is 23.5 Å². The maximum Gasteiger partial charge on any atom is 0.308 e. The van der Waals surface area contributed by atoms with Crippen LogP contribution in [0.2, 0.25) is 0 Å². The van der Waals surface area contributed by atoms with Gasteiger partial charge < -0.3 is 23.7 Å². The van der Waals surface area contributed by atoms with E-state index in [2.05, 4.69) is 0 Å². The summed E-state index contributed by atoms with van der Waals surface area (Å²) < 4.78 is 43.0. The van der Waals surface area contributed by atoms with E-state index in [-0.39, 0.29) is 29.7 Å². The Bertz CT molecular complexity index is 841. The van der Waals surface area contributed by atoms with Crippen LogP contribution in [0.25, 0.3) is 11.3 Å². The molecule has 2 heterocycles. The zero-order chi connectivity index (χ0) is 19.8. The SMILES string of the molecule is COc1cc(OC)cc(-c2oc(N3CCCS3(O)O)c(OC(C)=O)c2O)c1. The average molecular weight is 399 g/mol. The first-order valence-electron chi connectivity index (χ1n) is 8.08. The van der Waals surface area contributed by atoms with Gasteiger partial charge in [0.25, 0.3) is 5.88 Å². The molecule has 148 valence electrons. The van der Waals surface area contributed by atoms with Crippen LogP contribution in [-0.4, -0.2) is 46.7 Å². The summed E-state index contributed by atoms with van der Waals surface area (Å²) in [4.78, 5) is 11.5. The van der Waals surface area contributed by atoms with Crippen molar-refractivity contribution in [3.8, 4) is 34.3 Å². The summed E-state index contributed by atoms with van der Waals surface area (Å²) in [5.74, 6) is -0.424. The number of aromatic hydroxyl groups is 1. The van der Waals surface area contributed by atoms with Gasteiger partial charge in [-0.25, -0.2) is 4.31 Å². The molecule has 1 aliphatic rings. The second kappa shape index (κ2) is 7.22. The van der Waals surface area contributed by atoms with Crippen LogP contribution in [0.15, 0.2) is 22.6 Å². The number of methoxy groups -OCH3 is 2. The zero-order valence-corrected chi connectivity index (χ0v) is 15.9. The minimum Gasteiger partial charge on any atom is -0.502 e. The van der Waals surface area contributed by atoms with E-state index in [1.165, 1.54) is 25.4 Å². The highest BCUT2D eigenvalue weighted by atomic mass is 32.3. The Morgan fingerprint density at radius 1 is 1.19 bits per heavy atom. The zero-order valence-electron chi connectivity index (χ0n) is 15.1. The molecule has 10 heteroatoms. The van der Waals surface area contributed by atoms with Crippen molar-refractivity contribution in [3.05, 3.63) is 18.2 Å². The molecule has 3 rings (SSSR count). The molecule has 0 aliphatic carbocycles. The van der Waals surface area contributed by atoms with Crippen molar-refractivity contribution in [2.24, 2.45) is 0 Å². The summed E-state index contributed by atoms with van der Waals surface area (Å²) in [6.07, 6.45) is 0.519. The van der Waals surface area contributed by atoms with E-state index in [1.54, 1.807) is 18.2 Å². The number of nitrogens with zero attached hydrogens (tertiary/aromatic N) is 1. The molecule has 3 N–H and O–H groups in total. The van der Waals surface area contributed by atoms with Gasteiger partial charge in [-0.3, -0.25) is 13.9 Å². The van der Waals surface area contributed by atoms with E-state index in [0.717, 1.165) is 0 Å². The lowest BCUT2D eigenvalue weighted by molar-refractivity contribution is -0.132. The Labute approximate surface area is 157 Å². The molecule has 1 aromatic carbocycles. The van der Waals surface area contributed by atoms with Crippen LogP contribution in [0, 0.1) is 0 Å². The number of anilines is 1. The van der Waals surface area contributed by atoms with Gasteiger partial charge in [0.1, 0.15) is 11.5 Å². The number of rotatable bonds is 5. The van der Waals surface area contributed by atoms with E-state index in [1.807, 2.05) is 0 Å². The summed E-state index contributed by atoms with van der Waals surface area (Å²) in [7, 11) is -0.158. The third kappa shape index (κ3) is 3.64. The highest BCUT2D eigenvalue weighted by molar-refractivity contribution is 8.25. The molecule has 0 amide bonds. The van der Waals surface area contributed by atoms with Gasteiger partial charge in [-0.15, -0.1) is 10.8 Å². The van der Waals surface area contributed by atoms with E-state index in [4.69, 9.17) is 18.6 Å². The van der Waals surface area contributed by atoms with E-state index in [9.17, 15) is 19.0 Å². The third-order valence-corrected chi connectivity index (χ3v) is 5.93. The summed E-state index contributed by atoms with van der Waals surface area (Å²) in [6.45, 7) is 1.46. The van der Waals surface area contributed by atoms with Crippen molar-refractivity contribution < 1.29 is 37.6 Å². The first-order chi connectivity index (χ1) is 12.8. The van der Waals surface area contributed by atoms with Crippen LogP contribution < -0.4 is 18.5 Å². The predicted molar refractivity (Wildman–Crippen MR) is 99.9 cm³/mol. The van der Waals surface area contributed by atoms with Gasteiger partial charge in [0.2, 0.25) is 11.5 Å². The molecule has 1 fully saturated rings. The molecular weight excluding hydrogens is 378 g/mol. The molecular formula is C17H21NO8S. The maximum atomic E-state index is 11.5. The Balaban J connectivity index is 2.16. The van der Waals surface area contributed by atoms with E-state index < -0.39 is 22.5 Å². The molecule has 0 atom stereocenters. The molecule has 0 unspecified atom stereocenters. The smallest absolute Gasteiger partial charge is 0.308 e. The Morgan fingerprint density at radius 2 is 1.81 bits per heavy atom. The predicted octanol–water partition coefficient (Wildman–Crippen LogP) is 3.47. The largest absolute Gasteiger partial charge is 0.502 e. The van der Waals surface area contributed by atoms with Crippen molar-refractivity contribution in [2.75, 3.05) is 30.8 Å². The number of furan rings is 1. The van der Waals surface area contributed by atoms with Gasteiger partial charge in [-0.2, -0.15) is 0 Å². The lowest BCUT2D eigenvalue weighted by Crippen LogP contribution is -2.22. The monoisotopic (exact) mass is 399 g/mol. The standard InChI is InChI=1S/C17H21NO8S/c1-10(19)25-16-14(20)15(11-7-12(23-2)9-13(8-11)24-3)26-17(16)18-5-4-6-27(18,21)22/h7-9,20-22H,4-6H2,1-3H3. The highest BCUT2D eigenvalue weighted by Crippen LogP contribution is 2.58. The van der Waals surface area contributed by atoms with E-state index >= 15 is 0 Å². The molecule has 1 aromatic heterocycles. The fourth-order valence-electron chi connectivity index (χ4n) is 2.82. The van der Waals surface area contributed by atoms with Crippen molar-refractivity contribution in [1.29, 1.82) is 0 Å². The number of carbonyl (C=O) groups is 1. The topological polar surface area (TPSA) is 122 Å². The first-order valence-corrected chi connectivity index (χ1v) is 9.75. The number of esters is 1. The number of hydrogen-bond acceptors (Lipinski definition) is 9. The van der Waals surface area contributed by atoms with Gasteiger partial charge >= 0.3 is 5.97 Å². The maximum absolute atomic E-state index is 11.5. The Morgan fingerprint density at radius 3 is 2.30 bits per heavy atom. The minimum absolute atomic E-state index is 0.0134. The second-order valence-corrected chi connectivity index (χ2v) is 8.01. The number of ether oxygens (including phenoxy) is 3. The average Bonchev–Trinajstić information content (AvgIpc) is 3.13. The number of hydrogen-bond donors (Lipinski definition) is 3. The molecule has 1 saturated heterocycles. The molecule has 0 bridgehead atoms. The van der Waals surface area contributed by atoms with Crippen molar-refractivity contribution in [3.63, 3.8) is 0 Å². The fraction of sp³-hybridized carbons (Fsp3) is 0.353. The first kappa shape index (κ1) is 19.2. The van der Waals surface area contributed by atoms with Crippen LogP contribution in [0.5, 0.6) is 23.0 Å². The lowest BCUT2D eigenvalue weighted by atomic mass is 10.1. The van der Waals surface area contributed by atoms with Crippen LogP contribution in [-0.2, 0) is 4.79 Å². The molecule has 2 aromatic rings. The van der Waals surface area contributed by atoms with Crippen LogP contribution >= 0.6 is 10.8 Å². The normalized spacial score (nSPS) is 16.9. The third-order valence-electron chi connectivity index (χ3n) is 4.04. The van der Waals surface area contributed by atoms with Gasteiger partial charge in [0, 0.05) is 25.1 Å². The Hall–Kier alpha value is -2.56. The van der Waals surface area contributed by atoms with Crippen molar-refractivity contribution in [1.82, 2.24) is 0 Å². The number of benzene rings is 1. The second-order valence-electron chi connectivity index (χ2n) is 5.90. The molecule has 1 aliphatic heterocycles. The number of carbonyl (C=O) groups excluding carboxylic acids is 1.